The molecule has 0 unspecified atom stereocenters. The molecule has 0 saturated carbocycles. The molecule has 0 atom stereocenters. The van der Waals surface area contributed by atoms with E-state index < -0.39 is 0 Å². The van der Waals surface area contributed by atoms with Crippen molar-refractivity contribution in [3.8, 4) is 0 Å². The topological polar surface area (TPSA) is 38.1 Å². The molecule has 3 heteroatoms. The third-order valence-corrected chi connectivity index (χ3v) is 1.36. The Bertz CT molecular complexity index is 218. The maximum atomic E-state index is 4.09. The van der Waals surface area contributed by atoms with Crippen molar-refractivity contribution >= 4 is 6.21 Å². The Balaban J connectivity index is 2.39. The van der Waals surface area contributed by atoms with E-state index in [2.05, 4.69) is 15.2 Å². The Hall–Kier alpha value is -1.25. The van der Waals surface area contributed by atoms with Crippen LogP contribution in [-0.2, 0) is 6.42 Å². The van der Waals surface area contributed by atoms with E-state index in [1.165, 1.54) is 5.56 Å². The highest BCUT2D eigenvalue weighted by molar-refractivity contribution is 5.53. The van der Waals surface area contributed by atoms with Crippen LogP contribution in [-0.4, -0.2) is 23.0 Å². The molecule has 3 nitrogen and oxygen atoms in total. The number of hydrogen-bond donors (Lipinski definition) is 0. The molecule has 0 N–H and O–H groups in total. The quantitative estimate of drug-likeness (QED) is 0.604. The number of rotatable bonds is 3. The summed E-state index contributed by atoms with van der Waals surface area (Å²) in [4.78, 5) is 4.09. The zero-order valence-electron chi connectivity index (χ0n) is 6.57. The van der Waals surface area contributed by atoms with Gasteiger partial charge in [-0.05, 0) is 31.2 Å². The van der Waals surface area contributed by atoms with Crippen LogP contribution in [0.5, 0.6) is 0 Å². The van der Waals surface area contributed by atoms with Gasteiger partial charge in [0.25, 0.3) is 0 Å². The van der Waals surface area contributed by atoms with Gasteiger partial charge in [0.1, 0.15) is 0 Å². The first-order chi connectivity index (χ1) is 5.43. The van der Waals surface area contributed by atoms with Crippen LogP contribution in [0.25, 0.3) is 0 Å². The summed E-state index contributed by atoms with van der Waals surface area (Å²) in [7, 11) is 0. The van der Waals surface area contributed by atoms with Crippen molar-refractivity contribution in [2.45, 2.75) is 13.3 Å². The van der Waals surface area contributed by atoms with Crippen molar-refractivity contribution in [1.29, 1.82) is 0 Å². The van der Waals surface area contributed by atoms with Crippen molar-refractivity contribution in [3.63, 3.8) is 0 Å². The molecule has 0 saturated heterocycles. The average Bonchev–Trinajstić information content (AvgIpc) is 2.07. The second-order valence-corrected chi connectivity index (χ2v) is 2.17. The summed E-state index contributed by atoms with van der Waals surface area (Å²) in [6.07, 6.45) is 6.23. The van der Waals surface area contributed by atoms with Gasteiger partial charge in [-0.15, -0.1) is 0 Å². The van der Waals surface area contributed by atoms with Gasteiger partial charge in [-0.1, -0.05) is 0 Å². The van der Waals surface area contributed by atoms with Gasteiger partial charge in [0, 0.05) is 12.7 Å². The number of hydrogen-bond acceptors (Lipinski definition) is 3. The molecule has 0 spiro atoms. The molecule has 0 bridgehead atoms. The molecule has 1 heterocycles. The van der Waals surface area contributed by atoms with Crippen LogP contribution in [0.2, 0.25) is 0 Å². The van der Waals surface area contributed by atoms with Crippen LogP contribution in [0.4, 0.5) is 0 Å². The second kappa shape index (κ2) is 4.55. The van der Waals surface area contributed by atoms with Gasteiger partial charge in [-0.2, -0.15) is 10.2 Å². The third kappa shape index (κ3) is 2.89. The summed E-state index contributed by atoms with van der Waals surface area (Å²) in [6, 6.07) is 1.96. The molecule has 1 rings (SSSR count). The number of aromatic nitrogens is 2. The molecule has 11 heavy (non-hydrogen) atoms. The Labute approximate surface area is 66.2 Å². The molecule has 0 amide bonds. The minimum absolute atomic E-state index is 0.836. The minimum atomic E-state index is 0.836. The summed E-state index contributed by atoms with van der Waals surface area (Å²) in [5, 5.41) is 7.45. The molecule has 0 radical (unpaired) electrons. The summed E-state index contributed by atoms with van der Waals surface area (Å²) in [6.45, 7) is 2.76. The van der Waals surface area contributed by atoms with Crippen molar-refractivity contribution in [2.24, 2.45) is 4.99 Å². The van der Waals surface area contributed by atoms with Crippen LogP contribution in [0.3, 0.4) is 0 Å². The predicted molar refractivity (Wildman–Crippen MR) is 44.8 cm³/mol. The Morgan fingerprint density at radius 3 is 3.09 bits per heavy atom. The van der Waals surface area contributed by atoms with E-state index in [0.717, 1.165) is 13.0 Å². The molecule has 0 fully saturated rings. The highest BCUT2D eigenvalue weighted by atomic mass is 15.1. The van der Waals surface area contributed by atoms with Crippen LogP contribution < -0.4 is 0 Å². The zero-order chi connectivity index (χ0) is 7.94. The molecule has 58 valence electrons. The van der Waals surface area contributed by atoms with E-state index in [0.29, 0.717) is 0 Å². The molecular formula is C8H11N3. The van der Waals surface area contributed by atoms with Gasteiger partial charge >= 0.3 is 0 Å². The highest BCUT2D eigenvalue weighted by Gasteiger charge is 1.88. The fourth-order valence-electron chi connectivity index (χ4n) is 0.789. The first kappa shape index (κ1) is 7.85. The first-order valence-electron chi connectivity index (χ1n) is 3.63. The van der Waals surface area contributed by atoms with E-state index in [4.69, 9.17) is 0 Å². The lowest BCUT2D eigenvalue weighted by Gasteiger charge is -1.93. The predicted octanol–water partition coefficient (Wildman–Crippen LogP) is 1.11. The van der Waals surface area contributed by atoms with E-state index in [1.807, 2.05) is 19.2 Å². The number of nitrogens with zero attached hydrogens (tertiary/aromatic N) is 3. The fraction of sp³-hybridized carbons (Fsp3) is 0.375. The first-order valence-corrected chi connectivity index (χ1v) is 3.63. The van der Waals surface area contributed by atoms with E-state index in [9.17, 15) is 0 Å². The second-order valence-electron chi connectivity index (χ2n) is 2.17. The van der Waals surface area contributed by atoms with Gasteiger partial charge < -0.3 is 0 Å². The number of aliphatic imine (C=N–C) groups is 1. The maximum absolute atomic E-state index is 4.09. The molecule has 0 aliphatic rings. The highest BCUT2D eigenvalue weighted by Crippen LogP contribution is 1.94. The lowest BCUT2D eigenvalue weighted by Crippen LogP contribution is -1.91. The average molecular weight is 149 g/mol. The van der Waals surface area contributed by atoms with Crippen molar-refractivity contribution in [3.05, 3.63) is 24.0 Å². The molecule has 0 aliphatic heterocycles. The lowest BCUT2D eigenvalue weighted by molar-refractivity contribution is 0.928. The Morgan fingerprint density at radius 2 is 2.45 bits per heavy atom. The molecule has 0 aliphatic carbocycles. The monoisotopic (exact) mass is 149 g/mol. The van der Waals surface area contributed by atoms with Gasteiger partial charge in [-0.25, -0.2) is 0 Å². The normalized spacial score (nSPS) is 10.6. The van der Waals surface area contributed by atoms with E-state index in [-0.39, 0.29) is 0 Å². The largest absolute Gasteiger partial charge is 0.297 e. The van der Waals surface area contributed by atoms with Crippen LogP contribution >= 0.6 is 0 Å². The van der Waals surface area contributed by atoms with Gasteiger partial charge in [0.2, 0.25) is 0 Å². The van der Waals surface area contributed by atoms with Crippen LogP contribution in [0.15, 0.2) is 23.5 Å². The van der Waals surface area contributed by atoms with Crippen LogP contribution in [0, 0.1) is 0 Å². The van der Waals surface area contributed by atoms with Crippen LogP contribution in [0.1, 0.15) is 12.5 Å². The fourth-order valence-corrected chi connectivity index (χ4v) is 0.789. The zero-order valence-corrected chi connectivity index (χ0v) is 6.57. The van der Waals surface area contributed by atoms with Crippen molar-refractivity contribution in [1.82, 2.24) is 10.2 Å². The standard InChI is InChI=1S/C8H11N3/c1-2-9-5-3-8-4-6-10-11-7-8/h2,4,6-7H,3,5H2,1H3. The molecule has 0 aromatic carbocycles. The molecular weight excluding hydrogens is 138 g/mol. The minimum Gasteiger partial charge on any atom is -0.297 e. The third-order valence-electron chi connectivity index (χ3n) is 1.36. The summed E-state index contributed by atoms with van der Waals surface area (Å²) >= 11 is 0. The van der Waals surface area contributed by atoms with Crippen molar-refractivity contribution < 1.29 is 0 Å². The van der Waals surface area contributed by atoms with Gasteiger partial charge in [0.05, 0.1) is 6.20 Å². The van der Waals surface area contributed by atoms with Crippen molar-refractivity contribution in [2.75, 3.05) is 6.54 Å². The van der Waals surface area contributed by atoms with Gasteiger partial charge in [0.15, 0.2) is 0 Å². The smallest absolute Gasteiger partial charge is 0.0528 e. The van der Waals surface area contributed by atoms with E-state index >= 15 is 0 Å². The SMILES string of the molecule is CC=NCCc1ccnnc1. The summed E-state index contributed by atoms with van der Waals surface area (Å²) in [5.74, 6) is 0. The molecule has 1 aromatic heterocycles. The maximum Gasteiger partial charge on any atom is 0.0528 e. The summed E-state index contributed by atoms with van der Waals surface area (Å²) < 4.78 is 0. The van der Waals surface area contributed by atoms with E-state index in [1.54, 1.807) is 12.4 Å². The Kier molecular flexibility index (Phi) is 3.25. The molecule has 1 aromatic rings. The van der Waals surface area contributed by atoms with Gasteiger partial charge in [-0.3, -0.25) is 4.99 Å². The lowest BCUT2D eigenvalue weighted by atomic mass is 10.2. The summed E-state index contributed by atoms with van der Waals surface area (Å²) in [5.41, 5.74) is 1.19. The Morgan fingerprint density at radius 1 is 1.55 bits per heavy atom.